The summed E-state index contributed by atoms with van der Waals surface area (Å²) in [7, 11) is 0. The van der Waals surface area contributed by atoms with Gasteiger partial charge in [0.1, 0.15) is 0 Å². The molecular weight excluding hydrogens is 292 g/mol. The highest BCUT2D eigenvalue weighted by atomic mass is 16.4. The molecule has 23 heavy (non-hydrogen) atoms. The smallest absolute Gasteiger partial charge is 0.317 e. The third kappa shape index (κ3) is 13.8. The molecule has 0 aliphatic carbocycles. The van der Waals surface area contributed by atoms with Crippen LogP contribution in [0.5, 0.6) is 0 Å². The fraction of sp³-hybridized carbons (Fsp3) is 0.684. The van der Waals surface area contributed by atoms with Crippen LogP contribution in [0.1, 0.15) is 77.6 Å². The average Bonchev–Trinajstić information content (AvgIpc) is 2.50. The van der Waals surface area contributed by atoms with E-state index < -0.39 is 17.9 Å². The standard InChI is InChI=1S/C19H32O4/c1-2-3-4-5-6-7-8-9-10-11-12-13-14-15-16-17(18(20)21)19(22)23/h6-7,9-10,17H,2-5,8,11-16H2,1H3,(H,20,21)(H,22,23)/b7-6-,10-9-. The van der Waals surface area contributed by atoms with Crippen molar-refractivity contribution in [3.05, 3.63) is 24.3 Å². The Balaban J connectivity index is 3.46. The summed E-state index contributed by atoms with van der Waals surface area (Å²) in [5, 5.41) is 17.5. The predicted octanol–water partition coefficient (Wildman–Crippen LogP) is 5.20. The molecule has 0 amide bonds. The van der Waals surface area contributed by atoms with Crippen LogP contribution in [0.3, 0.4) is 0 Å². The van der Waals surface area contributed by atoms with Crippen molar-refractivity contribution in [1.29, 1.82) is 0 Å². The molecule has 0 bridgehead atoms. The highest BCUT2D eigenvalue weighted by Crippen LogP contribution is 2.12. The van der Waals surface area contributed by atoms with Crippen molar-refractivity contribution in [1.82, 2.24) is 0 Å². The third-order valence-electron chi connectivity index (χ3n) is 3.79. The van der Waals surface area contributed by atoms with Crippen molar-refractivity contribution in [2.75, 3.05) is 0 Å². The van der Waals surface area contributed by atoms with E-state index in [-0.39, 0.29) is 6.42 Å². The van der Waals surface area contributed by atoms with Crippen molar-refractivity contribution in [3.8, 4) is 0 Å². The Morgan fingerprint density at radius 1 is 0.783 bits per heavy atom. The van der Waals surface area contributed by atoms with Crippen molar-refractivity contribution in [2.45, 2.75) is 77.6 Å². The third-order valence-corrected chi connectivity index (χ3v) is 3.79. The lowest BCUT2D eigenvalue weighted by molar-refractivity contribution is -0.154. The van der Waals surface area contributed by atoms with E-state index in [1.807, 2.05) is 0 Å². The fourth-order valence-electron chi connectivity index (χ4n) is 2.34. The van der Waals surface area contributed by atoms with Crippen LogP contribution in [-0.4, -0.2) is 22.2 Å². The van der Waals surface area contributed by atoms with Gasteiger partial charge in [-0.1, -0.05) is 63.3 Å². The second-order valence-electron chi connectivity index (χ2n) is 5.89. The van der Waals surface area contributed by atoms with Crippen LogP contribution >= 0.6 is 0 Å². The molecule has 0 unspecified atom stereocenters. The van der Waals surface area contributed by atoms with Crippen LogP contribution in [-0.2, 0) is 9.59 Å². The molecule has 0 spiro atoms. The van der Waals surface area contributed by atoms with Crippen LogP contribution in [0.15, 0.2) is 24.3 Å². The van der Waals surface area contributed by atoms with Gasteiger partial charge in [0.05, 0.1) is 0 Å². The Bertz CT molecular complexity index is 358. The minimum atomic E-state index is -1.25. The molecule has 132 valence electrons. The van der Waals surface area contributed by atoms with E-state index in [2.05, 4.69) is 31.2 Å². The number of carbonyl (C=O) groups is 2. The second kappa shape index (κ2) is 15.3. The number of carboxylic acid groups (broad SMARTS) is 2. The SMILES string of the molecule is CCCCC/C=C\C/C=C\CCCCCCC(C(=O)O)C(=O)O. The largest absolute Gasteiger partial charge is 0.481 e. The molecule has 0 rings (SSSR count). The highest BCUT2D eigenvalue weighted by molar-refractivity contribution is 5.92. The van der Waals surface area contributed by atoms with Gasteiger partial charge in [0.2, 0.25) is 0 Å². The molecule has 0 aromatic carbocycles. The number of unbranched alkanes of at least 4 members (excludes halogenated alkanes) is 7. The van der Waals surface area contributed by atoms with Crippen molar-refractivity contribution in [3.63, 3.8) is 0 Å². The van der Waals surface area contributed by atoms with Crippen molar-refractivity contribution in [2.24, 2.45) is 5.92 Å². The van der Waals surface area contributed by atoms with Crippen LogP contribution < -0.4 is 0 Å². The quantitative estimate of drug-likeness (QED) is 0.247. The summed E-state index contributed by atoms with van der Waals surface area (Å²) in [6, 6.07) is 0. The van der Waals surface area contributed by atoms with Gasteiger partial charge < -0.3 is 10.2 Å². The molecule has 0 fully saturated rings. The molecule has 0 saturated heterocycles. The molecule has 0 aromatic rings. The zero-order chi connectivity index (χ0) is 17.3. The molecule has 0 aliphatic heterocycles. The first-order valence-corrected chi connectivity index (χ1v) is 8.85. The van der Waals surface area contributed by atoms with E-state index in [0.717, 1.165) is 32.1 Å². The first-order valence-electron chi connectivity index (χ1n) is 8.85. The van der Waals surface area contributed by atoms with Crippen LogP contribution in [0, 0.1) is 5.92 Å². The maximum atomic E-state index is 10.7. The van der Waals surface area contributed by atoms with E-state index in [0.29, 0.717) is 6.42 Å². The van der Waals surface area contributed by atoms with Crippen molar-refractivity contribution < 1.29 is 19.8 Å². The van der Waals surface area contributed by atoms with E-state index >= 15 is 0 Å². The van der Waals surface area contributed by atoms with Gasteiger partial charge in [0, 0.05) is 0 Å². The van der Waals surface area contributed by atoms with E-state index in [1.54, 1.807) is 0 Å². The summed E-state index contributed by atoms with van der Waals surface area (Å²) in [4.78, 5) is 21.4. The number of rotatable bonds is 15. The summed E-state index contributed by atoms with van der Waals surface area (Å²) < 4.78 is 0. The van der Waals surface area contributed by atoms with Gasteiger partial charge in [0.15, 0.2) is 5.92 Å². The Labute approximate surface area is 140 Å². The number of carboxylic acids is 2. The Hall–Kier alpha value is -1.58. The first-order chi connectivity index (χ1) is 11.1. The molecule has 0 radical (unpaired) electrons. The molecule has 0 atom stereocenters. The van der Waals surface area contributed by atoms with E-state index in [4.69, 9.17) is 10.2 Å². The topological polar surface area (TPSA) is 74.6 Å². The zero-order valence-electron chi connectivity index (χ0n) is 14.4. The minimum Gasteiger partial charge on any atom is -0.481 e. The fourth-order valence-corrected chi connectivity index (χ4v) is 2.34. The van der Waals surface area contributed by atoms with Crippen LogP contribution in [0.4, 0.5) is 0 Å². The van der Waals surface area contributed by atoms with Gasteiger partial charge in [-0.05, 0) is 38.5 Å². The Morgan fingerprint density at radius 3 is 1.83 bits per heavy atom. The van der Waals surface area contributed by atoms with Gasteiger partial charge in [0.25, 0.3) is 0 Å². The minimum absolute atomic E-state index is 0.226. The molecule has 4 nitrogen and oxygen atoms in total. The number of hydrogen-bond acceptors (Lipinski definition) is 2. The summed E-state index contributed by atoms with van der Waals surface area (Å²) in [6.07, 6.45) is 19.7. The summed E-state index contributed by atoms with van der Waals surface area (Å²) in [5.74, 6) is -3.72. The van der Waals surface area contributed by atoms with Gasteiger partial charge in [-0.2, -0.15) is 0 Å². The number of aliphatic carboxylic acids is 2. The molecule has 0 saturated carbocycles. The molecule has 0 heterocycles. The molecule has 4 heteroatoms. The van der Waals surface area contributed by atoms with Crippen LogP contribution in [0.25, 0.3) is 0 Å². The lowest BCUT2D eigenvalue weighted by Crippen LogP contribution is -2.23. The summed E-state index contributed by atoms with van der Waals surface area (Å²) >= 11 is 0. The Morgan fingerprint density at radius 2 is 1.30 bits per heavy atom. The van der Waals surface area contributed by atoms with Crippen molar-refractivity contribution >= 4 is 11.9 Å². The van der Waals surface area contributed by atoms with Gasteiger partial charge in [-0.3, -0.25) is 9.59 Å². The lowest BCUT2D eigenvalue weighted by atomic mass is 10.0. The monoisotopic (exact) mass is 324 g/mol. The number of hydrogen-bond donors (Lipinski definition) is 2. The van der Waals surface area contributed by atoms with E-state index in [9.17, 15) is 9.59 Å². The first kappa shape index (κ1) is 21.4. The van der Waals surface area contributed by atoms with E-state index in [1.165, 1.54) is 25.7 Å². The number of allylic oxidation sites excluding steroid dienone is 4. The summed E-state index contributed by atoms with van der Waals surface area (Å²) in [5.41, 5.74) is 0. The average molecular weight is 324 g/mol. The van der Waals surface area contributed by atoms with Gasteiger partial charge in [-0.15, -0.1) is 0 Å². The Kier molecular flexibility index (Phi) is 14.3. The van der Waals surface area contributed by atoms with Crippen LogP contribution in [0.2, 0.25) is 0 Å². The molecule has 2 N–H and O–H groups in total. The zero-order valence-corrected chi connectivity index (χ0v) is 14.4. The normalized spacial score (nSPS) is 11.7. The molecule has 0 aromatic heterocycles. The predicted molar refractivity (Wildman–Crippen MR) is 93.5 cm³/mol. The molecular formula is C19H32O4. The second-order valence-corrected chi connectivity index (χ2v) is 5.89. The maximum Gasteiger partial charge on any atom is 0.317 e. The summed E-state index contributed by atoms with van der Waals surface area (Å²) in [6.45, 7) is 2.21. The highest BCUT2D eigenvalue weighted by Gasteiger charge is 2.24. The maximum absolute atomic E-state index is 10.7. The molecule has 0 aliphatic rings. The van der Waals surface area contributed by atoms with Gasteiger partial charge >= 0.3 is 11.9 Å². The van der Waals surface area contributed by atoms with Gasteiger partial charge in [-0.25, -0.2) is 0 Å². The lowest BCUT2D eigenvalue weighted by Gasteiger charge is -2.06.